The van der Waals surface area contributed by atoms with Gasteiger partial charge in [-0.25, -0.2) is 0 Å². The molecule has 7 nitrogen and oxygen atoms in total. The number of nitro benzene ring substituents is 1. The van der Waals surface area contributed by atoms with Crippen molar-refractivity contribution in [1.29, 1.82) is 0 Å². The minimum Gasteiger partial charge on any atom is -0.872 e. The molecule has 0 unspecified atom stereocenters. The van der Waals surface area contributed by atoms with E-state index >= 15 is 0 Å². The van der Waals surface area contributed by atoms with E-state index in [1.807, 2.05) is 37.0 Å². The number of benzene rings is 2. The second-order valence-electron chi connectivity index (χ2n) is 8.41. The van der Waals surface area contributed by atoms with Crippen LogP contribution in [0.2, 0.25) is 0 Å². The van der Waals surface area contributed by atoms with Gasteiger partial charge in [0.2, 0.25) is 5.91 Å². The van der Waals surface area contributed by atoms with E-state index in [1.54, 1.807) is 0 Å². The van der Waals surface area contributed by atoms with Crippen LogP contribution in [0, 0.1) is 17.0 Å². The van der Waals surface area contributed by atoms with Crippen LogP contribution in [-0.2, 0) is 10.2 Å². The fraction of sp³-hybridized carbons (Fsp3) is 0.348. The Morgan fingerprint density at radius 3 is 2.63 bits per heavy atom. The number of carbonyl (C=O) groups is 1. The molecule has 2 aliphatic rings. The van der Waals surface area contributed by atoms with E-state index in [-0.39, 0.29) is 28.3 Å². The maximum atomic E-state index is 13.2. The summed E-state index contributed by atoms with van der Waals surface area (Å²) in [6.45, 7) is 8.52. The highest BCUT2D eigenvalue weighted by Gasteiger charge is 2.51. The topological polar surface area (TPSA) is 98.5 Å². The molecule has 0 aromatic heterocycles. The summed E-state index contributed by atoms with van der Waals surface area (Å²) in [4.78, 5) is 25.9. The van der Waals surface area contributed by atoms with Crippen molar-refractivity contribution in [3.8, 4) is 5.75 Å². The molecule has 7 heteroatoms. The molecule has 0 aliphatic carbocycles. The Morgan fingerprint density at radius 1 is 1.23 bits per heavy atom. The minimum absolute atomic E-state index is 0.153. The number of carbonyl (C=O) groups excluding carboxylic acids is 1. The lowest BCUT2D eigenvalue weighted by Crippen LogP contribution is -2.46. The number of fused-ring (bicyclic) bond motifs is 3. The van der Waals surface area contributed by atoms with E-state index in [0.717, 1.165) is 22.5 Å². The van der Waals surface area contributed by atoms with Crippen molar-refractivity contribution in [2.75, 3.05) is 11.4 Å². The number of rotatable bonds is 4. The third kappa shape index (κ3) is 2.84. The average molecular weight is 406 g/mol. The third-order valence-corrected chi connectivity index (χ3v) is 6.12. The van der Waals surface area contributed by atoms with Crippen LogP contribution in [0.25, 0.3) is 0 Å². The molecule has 4 rings (SSSR count). The Morgan fingerprint density at radius 2 is 1.97 bits per heavy atom. The van der Waals surface area contributed by atoms with Gasteiger partial charge in [-0.3, -0.25) is 14.9 Å². The standard InChI is InChI=1S/C23H25N3O4/c1-5-24-22(28)21-16(15-11-14(26(29)30)7-9-19(15)27)12-20-23(3,4)17-10-13(2)6-8-18(17)25(20)21/h6-12,16,21,27H,5H2,1-4H3,(H,24,28)/p-1/t16-,21+/m0/s1. The van der Waals surface area contributed by atoms with Gasteiger partial charge in [-0.1, -0.05) is 43.7 Å². The first kappa shape index (κ1) is 19.9. The molecule has 0 spiro atoms. The highest BCUT2D eigenvalue weighted by molar-refractivity contribution is 5.92. The molecule has 0 saturated carbocycles. The van der Waals surface area contributed by atoms with Crippen molar-refractivity contribution in [2.24, 2.45) is 0 Å². The molecule has 0 bridgehead atoms. The van der Waals surface area contributed by atoms with E-state index in [4.69, 9.17) is 0 Å². The number of nitrogens with zero attached hydrogens (tertiary/aromatic N) is 2. The number of amides is 1. The molecule has 2 heterocycles. The second kappa shape index (κ2) is 6.86. The summed E-state index contributed by atoms with van der Waals surface area (Å²) < 4.78 is 0. The number of hydrogen-bond donors (Lipinski definition) is 1. The lowest BCUT2D eigenvalue weighted by Gasteiger charge is -2.31. The zero-order chi connectivity index (χ0) is 21.8. The van der Waals surface area contributed by atoms with Crippen molar-refractivity contribution in [3.63, 3.8) is 0 Å². The first-order valence-corrected chi connectivity index (χ1v) is 10.0. The van der Waals surface area contributed by atoms with Crippen LogP contribution in [0.3, 0.4) is 0 Å². The van der Waals surface area contributed by atoms with Gasteiger partial charge in [0.05, 0.1) is 4.92 Å². The zero-order valence-electron chi connectivity index (χ0n) is 17.4. The molecule has 1 amide bonds. The van der Waals surface area contributed by atoms with Gasteiger partial charge in [0.1, 0.15) is 6.04 Å². The fourth-order valence-electron chi connectivity index (χ4n) is 4.67. The summed E-state index contributed by atoms with van der Waals surface area (Å²) in [6.07, 6.45) is 1.94. The lowest BCUT2D eigenvalue weighted by atomic mass is 9.81. The number of allylic oxidation sites excluding steroid dienone is 1. The highest BCUT2D eigenvalue weighted by Crippen LogP contribution is 2.55. The van der Waals surface area contributed by atoms with Crippen LogP contribution in [0.1, 0.15) is 43.4 Å². The maximum absolute atomic E-state index is 13.2. The van der Waals surface area contributed by atoms with Crippen molar-refractivity contribution in [2.45, 2.75) is 45.1 Å². The summed E-state index contributed by atoms with van der Waals surface area (Å²) in [5.74, 6) is -1.09. The lowest BCUT2D eigenvalue weighted by molar-refractivity contribution is -0.385. The van der Waals surface area contributed by atoms with Crippen molar-refractivity contribution < 1.29 is 14.8 Å². The van der Waals surface area contributed by atoms with Gasteiger partial charge < -0.3 is 15.3 Å². The average Bonchev–Trinajstić information content (AvgIpc) is 3.17. The molecule has 0 saturated heterocycles. The van der Waals surface area contributed by atoms with E-state index in [1.165, 1.54) is 18.2 Å². The van der Waals surface area contributed by atoms with Crippen molar-refractivity contribution in [3.05, 3.63) is 75.0 Å². The fourth-order valence-corrected chi connectivity index (χ4v) is 4.67. The van der Waals surface area contributed by atoms with Crippen LogP contribution in [0.4, 0.5) is 11.4 Å². The normalized spacial score (nSPS) is 21.1. The summed E-state index contributed by atoms with van der Waals surface area (Å²) in [5.41, 5.74) is 3.90. The number of anilines is 1. The molecule has 156 valence electrons. The third-order valence-electron chi connectivity index (χ3n) is 6.12. The Hall–Kier alpha value is -3.35. The number of non-ortho nitro benzene ring substituents is 1. The number of likely N-dealkylation sites (N-methyl/N-ethyl adjacent to an activating group) is 1. The monoisotopic (exact) mass is 406 g/mol. The van der Waals surface area contributed by atoms with Gasteiger partial charge in [0, 0.05) is 41.4 Å². The molecular weight excluding hydrogens is 382 g/mol. The Balaban J connectivity index is 1.91. The molecule has 2 aromatic carbocycles. The SMILES string of the molecule is CCNC(=O)[C@H]1[C@H](c2cc([N+](=O)[O-])ccc2[O-])C=C2N1c1ccc(C)cc1C2(C)C. The van der Waals surface area contributed by atoms with Crippen LogP contribution in [0.15, 0.2) is 48.2 Å². The quantitative estimate of drug-likeness (QED) is 0.621. The Bertz CT molecular complexity index is 1090. The Kier molecular flexibility index (Phi) is 4.56. The predicted octanol–water partition coefficient (Wildman–Crippen LogP) is 3.26. The van der Waals surface area contributed by atoms with E-state index < -0.39 is 16.9 Å². The van der Waals surface area contributed by atoms with Gasteiger partial charge in [0.25, 0.3) is 5.69 Å². The van der Waals surface area contributed by atoms with Crippen LogP contribution in [0.5, 0.6) is 5.75 Å². The highest BCUT2D eigenvalue weighted by atomic mass is 16.6. The largest absolute Gasteiger partial charge is 0.872 e. The zero-order valence-corrected chi connectivity index (χ0v) is 17.4. The van der Waals surface area contributed by atoms with Crippen molar-refractivity contribution >= 4 is 17.3 Å². The smallest absolute Gasteiger partial charge is 0.269 e. The van der Waals surface area contributed by atoms with Gasteiger partial charge in [-0.2, -0.15) is 0 Å². The molecule has 2 aliphatic heterocycles. The number of aryl methyl sites for hydroxylation is 1. The summed E-state index contributed by atoms with van der Waals surface area (Å²) in [5, 5.41) is 26.8. The van der Waals surface area contributed by atoms with Crippen LogP contribution in [-0.4, -0.2) is 23.4 Å². The summed E-state index contributed by atoms with van der Waals surface area (Å²) in [6, 6.07) is 9.19. The van der Waals surface area contributed by atoms with E-state index in [0.29, 0.717) is 6.54 Å². The maximum Gasteiger partial charge on any atom is 0.269 e. The molecular formula is C23H24N3O4-. The van der Waals surface area contributed by atoms with Crippen LogP contribution >= 0.6 is 0 Å². The first-order chi connectivity index (χ1) is 14.2. The number of nitrogens with one attached hydrogen (secondary N) is 1. The van der Waals surface area contributed by atoms with Crippen LogP contribution < -0.4 is 15.3 Å². The molecule has 30 heavy (non-hydrogen) atoms. The second-order valence-corrected chi connectivity index (χ2v) is 8.41. The molecule has 0 radical (unpaired) electrons. The predicted molar refractivity (Wildman–Crippen MR) is 113 cm³/mol. The van der Waals surface area contributed by atoms with Crippen molar-refractivity contribution in [1.82, 2.24) is 5.32 Å². The molecule has 2 aromatic rings. The van der Waals surface area contributed by atoms with Gasteiger partial charge in [-0.15, -0.1) is 5.75 Å². The molecule has 0 fully saturated rings. The molecule has 2 atom stereocenters. The summed E-state index contributed by atoms with van der Waals surface area (Å²) in [7, 11) is 0. The minimum atomic E-state index is -0.683. The summed E-state index contributed by atoms with van der Waals surface area (Å²) >= 11 is 0. The first-order valence-electron chi connectivity index (χ1n) is 10.0. The van der Waals surface area contributed by atoms with E-state index in [2.05, 4.69) is 25.2 Å². The number of hydrogen-bond acceptors (Lipinski definition) is 5. The van der Waals surface area contributed by atoms with Gasteiger partial charge in [0.15, 0.2) is 0 Å². The van der Waals surface area contributed by atoms with Gasteiger partial charge >= 0.3 is 0 Å². The Labute approximate surface area is 175 Å². The number of nitro groups is 1. The van der Waals surface area contributed by atoms with Gasteiger partial charge in [-0.05, 0) is 31.0 Å². The van der Waals surface area contributed by atoms with E-state index in [9.17, 15) is 20.0 Å². The molecule has 1 N–H and O–H groups in total.